The summed E-state index contributed by atoms with van der Waals surface area (Å²) in [5.41, 5.74) is 2.98. The van der Waals surface area contributed by atoms with Crippen LogP contribution in [-0.4, -0.2) is 28.6 Å². The molecule has 0 unspecified atom stereocenters. The zero-order valence-corrected chi connectivity index (χ0v) is 18.0. The van der Waals surface area contributed by atoms with E-state index in [1.54, 1.807) is 0 Å². The number of nitrogens with one attached hydrogen (secondary N) is 2. The lowest BCUT2D eigenvalue weighted by Crippen LogP contribution is -2.30. The maximum absolute atomic E-state index is 11.9. The average Bonchev–Trinajstić information content (AvgIpc) is 2.80. The summed E-state index contributed by atoms with van der Waals surface area (Å²) >= 11 is 0. The monoisotopic (exact) mass is 418 g/mol. The van der Waals surface area contributed by atoms with Gasteiger partial charge in [-0.05, 0) is 56.6 Å². The lowest BCUT2D eigenvalue weighted by Gasteiger charge is -2.29. The number of benzene rings is 2. The Morgan fingerprint density at radius 1 is 1.00 bits per heavy atom. The van der Waals surface area contributed by atoms with Gasteiger partial charge in [-0.2, -0.15) is 0 Å². The van der Waals surface area contributed by atoms with Crippen molar-refractivity contribution < 1.29 is 9.53 Å². The first kappa shape index (κ1) is 21.1. The summed E-state index contributed by atoms with van der Waals surface area (Å²) in [6, 6.07) is 18.2. The van der Waals surface area contributed by atoms with Gasteiger partial charge in [0, 0.05) is 18.0 Å². The SMILES string of the molecule is Cc1nc(N[C@H]2CC[C@@H](CCNC(=O)OCc3ccccc3)CC2)nc2ccccc12. The smallest absolute Gasteiger partial charge is 0.407 e. The lowest BCUT2D eigenvalue weighted by atomic mass is 9.84. The molecule has 162 valence electrons. The fraction of sp³-hybridized carbons (Fsp3) is 0.400. The molecule has 0 spiro atoms. The van der Waals surface area contributed by atoms with Gasteiger partial charge in [-0.1, -0.05) is 48.5 Å². The number of amides is 1. The van der Waals surface area contributed by atoms with Gasteiger partial charge in [0.1, 0.15) is 6.61 Å². The number of para-hydroxylation sites is 1. The van der Waals surface area contributed by atoms with Crippen LogP contribution in [-0.2, 0) is 11.3 Å². The van der Waals surface area contributed by atoms with Gasteiger partial charge in [-0.15, -0.1) is 0 Å². The van der Waals surface area contributed by atoms with E-state index in [9.17, 15) is 4.79 Å². The van der Waals surface area contributed by atoms with E-state index in [0.29, 0.717) is 25.1 Å². The largest absolute Gasteiger partial charge is 0.445 e. The minimum Gasteiger partial charge on any atom is -0.445 e. The number of rotatable bonds is 7. The van der Waals surface area contributed by atoms with Gasteiger partial charge in [0.15, 0.2) is 0 Å². The molecule has 6 heteroatoms. The second kappa shape index (κ2) is 10.2. The van der Waals surface area contributed by atoms with Gasteiger partial charge in [0.2, 0.25) is 5.95 Å². The van der Waals surface area contributed by atoms with Crippen LogP contribution in [0.15, 0.2) is 54.6 Å². The first-order chi connectivity index (χ1) is 15.2. The zero-order chi connectivity index (χ0) is 21.5. The number of alkyl carbamates (subject to hydrolysis) is 1. The van der Waals surface area contributed by atoms with Crippen LogP contribution in [0.3, 0.4) is 0 Å². The molecule has 1 heterocycles. The summed E-state index contributed by atoms with van der Waals surface area (Å²) in [5, 5.41) is 7.51. The third kappa shape index (κ3) is 5.94. The molecule has 2 N–H and O–H groups in total. The number of aryl methyl sites for hydroxylation is 1. The van der Waals surface area contributed by atoms with Gasteiger partial charge in [0.25, 0.3) is 0 Å². The Kier molecular flexibility index (Phi) is 6.97. The molecule has 0 aliphatic heterocycles. The Morgan fingerprint density at radius 3 is 2.55 bits per heavy atom. The maximum atomic E-state index is 11.9. The number of ether oxygens (including phenoxy) is 1. The summed E-state index contributed by atoms with van der Waals surface area (Å²) in [4.78, 5) is 21.2. The van der Waals surface area contributed by atoms with Crippen LogP contribution >= 0.6 is 0 Å². The fourth-order valence-corrected chi connectivity index (χ4v) is 4.23. The number of hydrogen-bond acceptors (Lipinski definition) is 5. The standard InChI is InChI=1S/C25H30N4O2/c1-18-22-9-5-6-10-23(22)29-24(27-18)28-21-13-11-19(12-14-21)15-16-26-25(30)31-17-20-7-3-2-4-8-20/h2-10,19,21H,11-17H2,1H3,(H,26,30)(H,27,28,29)/t19-,21+. The van der Waals surface area contributed by atoms with Crippen molar-refractivity contribution in [2.24, 2.45) is 5.92 Å². The quantitative estimate of drug-likeness (QED) is 0.550. The molecule has 4 rings (SSSR count). The van der Waals surface area contributed by atoms with E-state index in [4.69, 9.17) is 4.74 Å². The van der Waals surface area contributed by atoms with Crippen molar-refractivity contribution in [2.75, 3.05) is 11.9 Å². The predicted molar refractivity (Wildman–Crippen MR) is 123 cm³/mol. The van der Waals surface area contributed by atoms with Crippen LogP contribution in [0.5, 0.6) is 0 Å². The fourth-order valence-electron chi connectivity index (χ4n) is 4.23. The number of hydrogen-bond donors (Lipinski definition) is 2. The molecule has 1 aliphatic carbocycles. The van der Waals surface area contributed by atoms with Crippen LogP contribution in [0.25, 0.3) is 10.9 Å². The molecule has 6 nitrogen and oxygen atoms in total. The molecular weight excluding hydrogens is 388 g/mol. The van der Waals surface area contributed by atoms with Crippen molar-refractivity contribution in [1.29, 1.82) is 0 Å². The number of carbonyl (C=O) groups is 1. The second-order valence-corrected chi connectivity index (χ2v) is 8.29. The molecule has 1 fully saturated rings. The Hall–Kier alpha value is -3.15. The summed E-state index contributed by atoms with van der Waals surface area (Å²) in [6.45, 7) is 2.99. The van der Waals surface area contributed by atoms with Crippen molar-refractivity contribution in [1.82, 2.24) is 15.3 Å². The highest BCUT2D eigenvalue weighted by Gasteiger charge is 2.22. The normalized spacial score (nSPS) is 18.5. The molecule has 0 saturated heterocycles. The molecule has 3 aromatic rings. The zero-order valence-electron chi connectivity index (χ0n) is 18.0. The number of fused-ring (bicyclic) bond motifs is 1. The van der Waals surface area contributed by atoms with Crippen LogP contribution in [0.4, 0.5) is 10.7 Å². The van der Waals surface area contributed by atoms with Crippen LogP contribution in [0.1, 0.15) is 43.4 Å². The lowest BCUT2D eigenvalue weighted by molar-refractivity contribution is 0.138. The highest BCUT2D eigenvalue weighted by Crippen LogP contribution is 2.28. The van der Waals surface area contributed by atoms with Gasteiger partial charge >= 0.3 is 6.09 Å². The Labute approximate surface area is 183 Å². The molecule has 1 amide bonds. The highest BCUT2D eigenvalue weighted by molar-refractivity contribution is 5.81. The van der Waals surface area contributed by atoms with Crippen molar-refractivity contribution >= 4 is 22.9 Å². The topological polar surface area (TPSA) is 76.1 Å². The first-order valence-electron chi connectivity index (χ1n) is 11.1. The molecule has 0 bridgehead atoms. The Bertz CT molecular complexity index is 1000. The summed E-state index contributed by atoms with van der Waals surface area (Å²) in [6.07, 6.45) is 5.12. The highest BCUT2D eigenvalue weighted by atomic mass is 16.5. The number of carbonyl (C=O) groups excluding carboxylic acids is 1. The summed E-state index contributed by atoms with van der Waals surface area (Å²) in [7, 11) is 0. The Balaban J connectivity index is 1.16. The minimum absolute atomic E-state index is 0.305. The molecule has 0 atom stereocenters. The molecule has 31 heavy (non-hydrogen) atoms. The van der Waals surface area contributed by atoms with E-state index in [2.05, 4.69) is 26.7 Å². The van der Waals surface area contributed by atoms with E-state index < -0.39 is 0 Å². The summed E-state index contributed by atoms with van der Waals surface area (Å²) < 4.78 is 5.27. The number of nitrogens with zero attached hydrogens (tertiary/aromatic N) is 2. The van der Waals surface area contributed by atoms with Crippen molar-refractivity contribution in [3.05, 3.63) is 65.9 Å². The summed E-state index contributed by atoms with van der Waals surface area (Å²) in [5.74, 6) is 1.36. The number of aromatic nitrogens is 2. The van der Waals surface area contributed by atoms with Gasteiger partial charge in [-0.3, -0.25) is 0 Å². The van der Waals surface area contributed by atoms with Crippen molar-refractivity contribution in [2.45, 2.75) is 51.7 Å². The Morgan fingerprint density at radius 2 is 1.74 bits per heavy atom. The van der Waals surface area contributed by atoms with E-state index in [1.807, 2.05) is 55.5 Å². The molecule has 0 radical (unpaired) electrons. The van der Waals surface area contributed by atoms with Crippen molar-refractivity contribution in [3.63, 3.8) is 0 Å². The van der Waals surface area contributed by atoms with Crippen LogP contribution in [0.2, 0.25) is 0 Å². The van der Waals surface area contributed by atoms with Gasteiger partial charge in [-0.25, -0.2) is 14.8 Å². The number of anilines is 1. The van der Waals surface area contributed by atoms with E-state index >= 15 is 0 Å². The minimum atomic E-state index is -0.344. The van der Waals surface area contributed by atoms with Gasteiger partial charge < -0.3 is 15.4 Å². The van der Waals surface area contributed by atoms with E-state index in [1.165, 1.54) is 0 Å². The van der Waals surface area contributed by atoms with Gasteiger partial charge in [0.05, 0.1) is 11.2 Å². The van der Waals surface area contributed by atoms with E-state index in [-0.39, 0.29) is 6.09 Å². The molecule has 2 aromatic carbocycles. The average molecular weight is 419 g/mol. The molecule has 1 saturated carbocycles. The third-order valence-corrected chi connectivity index (χ3v) is 6.01. The van der Waals surface area contributed by atoms with E-state index in [0.717, 1.165) is 60.2 Å². The second-order valence-electron chi connectivity index (χ2n) is 8.29. The predicted octanol–water partition coefficient (Wildman–Crippen LogP) is 5.23. The third-order valence-electron chi connectivity index (χ3n) is 6.01. The van der Waals surface area contributed by atoms with Crippen molar-refractivity contribution in [3.8, 4) is 0 Å². The van der Waals surface area contributed by atoms with Crippen LogP contribution in [0, 0.1) is 12.8 Å². The van der Waals surface area contributed by atoms with Crippen LogP contribution < -0.4 is 10.6 Å². The molecule has 1 aliphatic rings. The maximum Gasteiger partial charge on any atom is 0.407 e. The molecule has 1 aromatic heterocycles. The first-order valence-corrected chi connectivity index (χ1v) is 11.1. The molecular formula is C25H30N4O2.